The zero-order chi connectivity index (χ0) is 25.6. The number of aromatic nitrogens is 1. The Bertz CT molecular complexity index is 1430. The third-order valence-corrected chi connectivity index (χ3v) is 8.54. The SMILES string of the molecule is O=C(c1ccc(-c2ccno2)cc1)C1CC2CCC(C1)N2C(=O)OCC1c2ccccc2-c2ccccc21. The Labute approximate surface area is 221 Å². The van der Waals surface area contributed by atoms with E-state index >= 15 is 0 Å². The molecular formula is C32H28N2O4. The number of carbonyl (C=O) groups is 2. The predicted molar refractivity (Wildman–Crippen MR) is 143 cm³/mol. The van der Waals surface area contributed by atoms with Gasteiger partial charge in [-0.2, -0.15) is 0 Å². The highest BCUT2D eigenvalue weighted by atomic mass is 16.6. The van der Waals surface area contributed by atoms with Crippen LogP contribution in [0.2, 0.25) is 0 Å². The molecule has 3 heterocycles. The van der Waals surface area contributed by atoms with Crippen LogP contribution in [0.25, 0.3) is 22.5 Å². The van der Waals surface area contributed by atoms with E-state index in [1.54, 1.807) is 12.3 Å². The molecule has 0 spiro atoms. The fourth-order valence-electron chi connectivity index (χ4n) is 6.76. The maximum atomic E-state index is 13.4. The molecule has 1 amide bonds. The Morgan fingerprint density at radius 3 is 2.08 bits per heavy atom. The van der Waals surface area contributed by atoms with Gasteiger partial charge in [-0.25, -0.2) is 4.79 Å². The standard InChI is InChI=1S/C32H28N2O4/c35-31(21-11-9-20(10-12-21)30-15-16-33-38-30)22-17-23-13-14-24(18-22)34(23)32(36)37-19-29-27-7-3-1-5-25(27)26-6-2-4-8-28(26)29/h1-12,15-16,22-24,29H,13-14,17-19H2. The minimum atomic E-state index is -0.248. The van der Waals surface area contributed by atoms with Gasteiger partial charge in [-0.15, -0.1) is 0 Å². The third kappa shape index (κ3) is 3.83. The molecule has 1 aliphatic carbocycles. The minimum Gasteiger partial charge on any atom is -0.448 e. The van der Waals surface area contributed by atoms with Gasteiger partial charge in [-0.05, 0) is 47.9 Å². The first-order valence-electron chi connectivity index (χ1n) is 13.4. The number of carbonyl (C=O) groups excluding carboxylic acids is 2. The Balaban J connectivity index is 1.02. The normalized spacial score (nSPS) is 21.7. The lowest BCUT2D eigenvalue weighted by molar-refractivity contribution is 0.0506. The van der Waals surface area contributed by atoms with Gasteiger partial charge >= 0.3 is 6.09 Å². The fourth-order valence-corrected chi connectivity index (χ4v) is 6.76. The van der Waals surface area contributed by atoms with Crippen molar-refractivity contribution in [1.29, 1.82) is 0 Å². The minimum absolute atomic E-state index is 0.0445. The van der Waals surface area contributed by atoms with Crippen LogP contribution >= 0.6 is 0 Å². The number of ether oxygens (including phenoxy) is 1. The highest BCUT2D eigenvalue weighted by Crippen LogP contribution is 2.45. The number of fused-ring (bicyclic) bond motifs is 5. The maximum Gasteiger partial charge on any atom is 0.410 e. The van der Waals surface area contributed by atoms with E-state index in [1.807, 2.05) is 41.3 Å². The summed E-state index contributed by atoms with van der Waals surface area (Å²) >= 11 is 0. The molecular weight excluding hydrogens is 476 g/mol. The van der Waals surface area contributed by atoms with Crippen LogP contribution in [0.3, 0.4) is 0 Å². The summed E-state index contributed by atoms with van der Waals surface area (Å²) in [5.74, 6) is 0.793. The van der Waals surface area contributed by atoms with Crippen molar-refractivity contribution in [2.75, 3.05) is 6.61 Å². The molecule has 2 unspecified atom stereocenters. The van der Waals surface area contributed by atoms with Gasteiger partial charge in [0.1, 0.15) is 6.61 Å². The van der Waals surface area contributed by atoms with Crippen LogP contribution in [0, 0.1) is 5.92 Å². The quantitative estimate of drug-likeness (QED) is 0.282. The molecule has 2 aliphatic heterocycles. The van der Waals surface area contributed by atoms with Crippen molar-refractivity contribution in [2.24, 2.45) is 5.92 Å². The highest BCUT2D eigenvalue weighted by Gasteiger charge is 2.46. The number of hydrogen-bond acceptors (Lipinski definition) is 5. The van der Waals surface area contributed by atoms with Crippen LogP contribution in [-0.2, 0) is 4.74 Å². The summed E-state index contributed by atoms with van der Waals surface area (Å²) in [5, 5.41) is 3.75. The third-order valence-electron chi connectivity index (χ3n) is 8.54. The van der Waals surface area contributed by atoms with Gasteiger partial charge in [0.25, 0.3) is 0 Å². The van der Waals surface area contributed by atoms with E-state index in [-0.39, 0.29) is 35.8 Å². The summed E-state index contributed by atoms with van der Waals surface area (Å²) in [6, 6.07) is 26.1. The molecule has 190 valence electrons. The fraction of sp³-hybridized carbons (Fsp3) is 0.281. The Hall–Kier alpha value is -4.19. The summed E-state index contributed by atoms with van der Waals surface area (Å²) in [6.45, 7) is 0.322. The first-order valence-corrected chi connectivity index (χ1v) is 13.4. The second-order valence-electron chi connectivity index (χ2n) is 10.6. The van der Waals surface area contributed by atoms with Gasteiger partial charge in [0, 0.05) is 41.1 Å². The van der Waals surface area contributed by atoms with Crippen LogP contribution in [0.15, 0.2) is 89.6 Å². The zero-order valence-corrected chi connectivity index (χ0v) is 21.0. The molecule has 7 rings (SSSR count). The van der Waals surface area contributed by atoms with Crippen molar-refractivity contribution < 1.29 is 18.8 Å². The van der Waals surface area contributed by atoms with E-state index in [0.29, 0.717) is 30.8 Å². The van der Waals surface area contributed by atoms with Gasteiger partial charge in [-0.1, -0.05) is 78.0 Å². The Kier molecular flexibility index (Phi) is 5.61. The molecule has 0 radical (unpaired) electrons. The van der Waals surface area contributed by atoms with E-state index in [0.717, 1.165) is 18.4 Å². The molecule has 6 nitrogen and oxygen atoms in total. The molecule has 3 aliphatic rings. The Morgan fingerprint density at radius 2 is 1.47 bits per heavy atom. The largest absolute Gasteiger partial charge is 0.448 e. The molecule has 3 aromatic carbocycles. The van der Waals surface area contributed by atoms with Crippen molar-refractivity contribution in [2.45, 2.75) is 43.7 Å². The number of Topliss-reactive ketones (excluding diaryl/α,β-unsaturated/α-hetero) is 1. The van der Waals surface area contributed by atoms with E-state index < -0.39 is 0 Å². The van der Waals surface area contributed by atoms with Gasteiger partial charge in [-0.3, -0.25) is 4.79 Å². The molecule has 4 aromatic rings. The van der Waals surface area contributed by atoms with Gasteiger partial charge in [0.2, 0.25) is 0 Å². The van der Waals surface area contributed by atoms with E-state index in [1.165, 1.54) is 22.3 Å². The van der Waals surface area contributed by atoms with Gasteiger partial charge < -0.3 is 14.2 Å². The number of ketones is 1. The first-order chi connectivity index (χ1) is 18.7. The average molecular weight is 505 g/mol. The lowest BCUT2D eigenvalue weighted by Gasteiger charge is -2.37. The number of benzene rings is 3. The molecule has 6 heteroatoms. The van der Waals surface area contributed by atoms with Gasteiger partial charge in [0.05, 0.1) is 6.20 Å². The van der Waals surface area contributed by atoms with Crippen molar-refractivity contribution in [3.05, 3.63) is 102 Å². The smallest absolute Gasteiger partial charge is 0.410 e. The van der Waals surface area contributed by atoms with Crippen LogP contribution in [0.4, 0.5) is 4.79 Å². The molecule has 0 N–H and O–H groups in total. The molecule has 0 saturated carbocycles. The van der Waals surface area contributed by atoms with E-state index in [2.05, 4.69) is 41.6 Å². The number of amides is 1. The second kappa shape index (κ2) is 9.28. The number of hydrogen-bond donors (Lipinski definition) is 0. The molecule has 2 bridgehead atoms. The van der Waals surface area contributed by atoms with Crippen molar-refractivity contribution in [3.63, 3.8) is 0 Å². The molecule has 2 saturated heterocycles. The summed E-state index contributed by atoms with van der Waals surface area (Å²) < 4.78 is 11.2. The van der Waals surface area contributed by atoms with E-state index in [4.69, 9.17) is 9.26 Å². The molecule has 1 aromatic heterocycles. The number of nitrogens with zero attached hydrogens (tertiary/aromatic N) is 2. The van der Waals surface area contributed by atoms with Gasteiger partial charge in [0.15, 0.2) is 11.5 Å². The lowest BCUT2D eigenvalue weighted by atomic mass is 9.84. The zero-order valence-electron chi connectivity index (χ0n) is 21.0. The van der Waals surface area contributed by atoms with Crippen LogP contribution < -0.4 is 0 Å². The molecule has 2 fully saturated rings. The predicted octanol–water partition coefficient (Wildman–Crippen LogP) is 6.72. The average Bonchev–Trinajstić information content (AvgIpc) is 3.67. The van der Waals surface area contributed by atoms with Crippen LogP contribution in [0.1, 0.15) is 53.1 Å². The summed E-state index contributed by atoms with van der Waals surface area (Å²) in [4.78, 5) is 28.6. The van der Waals surface area contributed by atoms with Crippen LogP contribution in [-0.4, -0.2) is 40.6 Å². The monoisotopic (exact) mass is 504 g/mol. The topological polar surface area (TPSA) is 72.6 Å². The first kappa shape index (κ1) is 23.0. The highest BCUT2D eigenvalue weighted by molar-refractivity contribution is 5.98. The lowest BCUT2D eigenvalue weighted by Crippen LogP contribution is -2.48. The summed E-state index contributed by atoms with van der Waals surface area (Å²) in [5.41, 5.74) is 6.46. The summed E-state index contributed by atoms with van der Waals surface area (Å²) in [7, 11) is 0. The maximum absolute atomic E-state index is 13.4. The molecule has 38 heavy (non-hydrogen) atoms. The van der Waals surface area contributed by atoms with Crippen molar-refractivity contribution >= 4 is 11.9 Å². The Morgan fingerprint density at radius 1 is 0.842 bits per heavy atom. The number of rotatable bonds is 5. The number of piperidine rings is 1. The van der Waals surface area contributed by atoms with E-state index in [9.17, 15) is 9.59 Å². The summed E-state index contributed by atoms with van der Waals surface area (Å²) in [6.07, 6.45) is 4.56. The second-order valence-corrected chi connectivity index (χ2v) is 10.6. The van der Waals surface area contributed by atoms with Crippen molar-refractivity contribution in [1.82, 2.24) is 10.1 Å². The van der Waals surface area contributed by atoms with Crippen molar-refractivity contribution in [3.8, 4) is 22.5 Å². The molecule has 2 atom stereocenters. The van der Waals surface area contributed by atoms with Crippen LogP contribution in [0.5, 0.6) is 0 Å².